The number of methoxy groups -OCH3 is 1. The van der Waals surface area contributed by atoms with Crippen LogP contribution in [-0.2, 0) is 9.53 Å². The second kappa shape index (κ2) is 7.40. The molecule has 1 aliphatic heterocycles. The number of amides is 1. The fraction of sp³-hybridized carbons (Fsp3) is 0.444. The standard InChI is InChI=1S/C18H21FN4O3S/c1-26-13-4-2-12(3-5-13)22-9-11(8-20-22)14-6-7-15(24)18(17(14)19)23-10-16(25)21-27-23/h6-9,12-13,24H,2-5,10H2,1H3,(H,21,25). The van der Waals surface area contributed by atoms with Crippen LogP contribution in [0.4, 0.5) is 10.1 Å². The van der Waals surface area contributed by atoms with Crippen molar-refractivity contribution in [2.75, 3.05) is 18.0 Å². The van der Waals surface area contributed by atoms with E-state index < -0.39 is 5.82 Å². The van der Waals surface area contributed by atoms with E-state index in [0.29, 0.717) is 17.2 Å². The number of aromatic nitrogens is 2. The van der Waals surface area contributed by atoms with Crippen LogP contribution in [0.1, 0.15) is 31.7 Å². The molecule has 1 saturated heterocycles. The predicted octanol–water partition coefficient (Wildman–Crippen LogP) is 3.02. The monoisotopic (exact) mass is 392 g/mol. The molecule has 0 spiro atoms. The van der Waals surface area contributed by atoms with Crippen LogP contribution >= 0.6 is 12.1 Å². The summed E-state index contributed by atoms with van der Waals surface area (Å²) in [5.41, 5.74) is 0.995. The summed E-state index contributed by atoms with van der Waals surface area (Å²) in [5, 5.41) is 14.5. The van der Waals surface area contributed by atoms with E-state index in [-0.39, 0.29) is 29.9 Å². The molecule has 0 unspecified atom stereocenters. The first-order valence-corrected chi connectivity index (χ1v) is 9.66. The highest BCUT2D eigenvalue weighted by Gasteiger charge is 2.28. The van der Waals surface area contributed by atoms with Gasteiger partial charge in [0.15, 0.2) is 5.82 Å². The zero-order valence-corrected chi connectivity index (χ0v) is 15.7. The molecule has 0 bridgehead atoms. The highest BCUT2D eigenvalue weighted by atomic mass is 32.2. The molecule has 0 atom stereocenters. The Morgan fingerprint density at radius 2 is 2.11 bits per heavy atom. The third kappa shape index (κ3) is 3.49. The number of rotatable bonds is 4. The molecule has 2 fully saturated rings. The quantitative estimate of drug-likeness (QED) is 0.779. The SMILES string of the molecule is COC1CCC(n2cc(-c3ccc(O)c(N4CC(=O)NS4)c3F)cn2)CC1. The summed E-state index contributed by atoms with van der Waals surface area (Å²) >= 11 is 0.967. The number of carbonyl (C=O) groups excluding carboxylic acids is 1. The first-order valence-electron chi connectivity index (χ1n) is 8.89. The highest BCUT2D eigenvalue weighted by Crippen LogP contribution is 2.40. The number of phenolic OH excluding ortho intramolecular Hbond substituents is 1. The Kier molecular flexibility index (Phi) is 4.96. The lowest BCUT2D eigenvalue weighted by Gasteiger charge is -2.27. The van der Waals surface area contributed by atoms with Crippen molar-refractivity contribution in [2.24, 2.45) is 0 Å². The van der Waals surface area contributed by atoms with Crippen LogP contribution in [0.3, 0.4) is 0 Å². The van der Waals surface area contributed by atoms with Crippen LogP contribution in [0.25, 0.3) is 11.1 Å². The number of anilines is 1. The van der Waals surface area contributed by atoms with Crippen molar-refractivity contribution in [1.82, 2.24) is 14.5 Å². The van der Waals surface area contributed by atoms with E-state index in [9.17, 15) is 9.90 Å². The molecule has 1 amide bonds. The number of aromatic hydroxyl groups is 1. The van der Waals surface area contributed by atoms with Crippen LogP contribution in [0, 0.1) is 5.82 Å². The highest BCUT2D eigenvalue weighted by molar-refractivity contribution is 7.99. The Labute approximate surface area is 160 Å². The number of phenols is 1. The summed E-state index contributed by atoms with van der Waals surface area (Å²) < 4.78 is 26.4. The molecule has 1 saturated carbocycles. The lowest BCUT2D eigenvalue weighted by molar-refractivity contribution is -0.117. The molecule has 9 heteroatoms. The second-order valence-electron chi connectivity index (χ2n) is 6.82. The minimum atomic E-state index is -0.568. The lowest BCUT2D eigenvalue weighted by Crippen LogP contribution is -2.22. The third-order valence-electron chi connectivity index (χ3n) is 5.16. The maximum absolute atomic E-state index is 15.1. The summed E-state index contributed by atoms with van der Waals surface area (Å²) in [7, 11) is 1.74. The molecule has 0 radical (unpaired) electrons. The Bertz CT molecular complexity index is 851. The van der Waals surface area contributed by atoms with Crippen molar-refractivity contribution in [3.05, 3.63) is 30.3 Å². The Balaban J connectivity index is 1.59. The average Bonchev–Trinajstić information content (AvgIpc) is 3.32. The molecular formula is C18H21FN4O3S. The maximum atomic E-state index is 15.1. The zero-order chi connectivity index (χ0) is 19.0. The van der Waals surface area contributed by atoms with Gasteiger partial charge in [-0.05, 0) is 37.8 Å². The van der Waals surface area contributed by atoms with Gasteiger partial charge in [0.05, 0.1) is 30.5 Å². The number of ether oxygens (including phenoxy) is 1. The van der Waals surface area contributed by atoms with E-state index in [1.54, 1.807) is 13.3 Å². The van der Waals surface area contributed by atoms with Gasteiger partial charge < -0.3 is 9.84 Å². The number of carbonyl (C=O) groups is 1. The molecule has 2 heterocycles. The Morgan fingerprint density at radius 1 is 1.33 bits per heavy atom. The second-order valence-corrected chi connectivity index (χ2v) is 7.65. The van der Waals surface area contributed by atoms with Crippen molar-refractivity contribution < 1.29 is 19.0 Å². The van der Waals surface area contributed by atoms with E-state index >= 15 is 4.39 Å². The van der Waals surface area contributed by atoms with E-state index in [1.165, 1.54) is 16.4 Å². The minimum absolute atomic E-state index is 0.00389. The smallest absolute Gasteiger partial charge is 0.251 e. The molecule has 1 aliphatic carbocycles. The third-order valence-corrected chi connectivity index (χ3v) is 6.02. The van der Waals surface area contributed by atoms with Gasteiger partial charge in [0.25, 0.3) is 5.91 Å². The maximum Gasteiger partial charge on any atom is 0.251 e. The van der Waals surface area contributed by atoms with Gasteiger partial charge in [-0.15, -0.1) is 0 Å². The van der Waals surface area contributed by atoms with Gasteiger partial charge in [-0.3, -0.25) is 18.5 Å². The fourth-order valence-corrected chi connectivity index (χ4v) is 4.39. The van der Waals surface area contributed by atoms with Crippen LogP contribution in [0.15, 0.2) is 24.5 Å². The van der Waals surface area contributed by atoms with Gasteiger partial charge in [0.1, 0.15) is 18.0 Å². The minimum Gasteiger partial charge on any atom is -0.506 e. The van der Waals surface area contributed by atoms with Crippen molar-refractivity contribution in [2.45, 2.75) is 37.8 Å². The van der Waals surface area contributed by atoms with Gasteiger partial charge in [-0.1, -0.05) is 0 Å². The molecule has 1 aromatic heterocycles. The molecule has 144 valence electrons. The van der Waals surface area contributed by atoms with E-state index in [4.69, 9.17) is 4.74 Å². The number of nitrogens with one attached hydrogen (secondary N) is 1. The van der Waals surface area contributed by atoms with Crippen molar-refractivity contribution in [3.63, 3.8) is 0 Å². The van der Waals surface area contributed by atoms with Crippen molar-refractivity contribution >= 4 is 23.7 Å². The van der Waals surface area contributed by atoms with Gasteiger partial charge in [0.2, 0.25) is 0 Å². The average molecular weight is 392 g/mol. The summed E-state index contributed by atoms with van der Waals surface area (Å²) in [5.74, 6) is -1.00. The number of hydrogen-bond acceptors (Lipinski definition) is 6. The van der Waals surface area contributed by atoms with Crippen LogP contribution in [0.2, 0.25) is 0 Å². The Morgan fingerprint density at radius 3 is 2.78 bits per heavy atom. The molecule has 4 rings (SSSR count). The normalized spacial score (nSPS) is 22.9. The number of benzene rings is 1. The van der Waals surface area contributed by atoms with E-state index in [2.05, 4.69) is 9.82 Å². The van der Waals surface area contributed by atoms with E-state index in [1.807, 2.05) is 10.9 Å². The number of hydrogen-bond donors (Lipinski definition) is 2. The predicted molar refractivity (Wildman–Crippen MR) is 101 cm³/mol. The summed E-state index contributed by atoms with van der Waals surface area (Å²) in [4.78, 5) is 11.4. The van der Waals surface area contributed by atoms with Crippen LogP contribution in [0.5, 0.6) is 5.75 Å². The summed E-state index contributed by atoms with van der Waals surface area (Å²) in [6.07, 6.45) is 7.72. The molecule has 2 N–H and O–H groups in total. The van der Waals surface area contributed by atoms with Crippen LogP contribution in [-0.4, -0.2) is 40.6 Å². The molecule has 7 nitrogen and oxygen atoms in total. The summed E-state index contributed by atoms with van der Waals surface area (Å²) in [6, 6.07) is 3.26. The lowest BCUT2D eigenvalue weighted by atomic mass is 9.93. The van der Waals surface area contributed by atoms with E-state index in [0.717, 1.165) is 37.8 Å². The van der Waals surface area contributed by atoms with Gasteiger partial charge >= 0.3 is 0 Å². The molecule has 2 aromatic rings. The molecule has 2 aliphatic rings. The first kappa shape index (κ1) is 18.1. The van der Waals surface area contributed by atoms with Crippen LogP contribution < -0.4 is 9.03 Å². The van der Waals surface area contributed by atoms with Crippen molar-refractivity contribution in [1.29, 1.82) is 0 Å². The first-order chi connectivity index (χ1) is 13.1. The van der Waals surface area contributed by atoms with Crippen molar-refractivity contribution in [3.8, 4) is 16.9 Å². The molecule has 27 heavy (non-hydrogen) atoms. The zero-order valence-electron chi connectivity index (χ0n) is 14.9. The Hall–Kier alpha value is -2.26. The molecule has 1 aromatic carbocycles. The largest absolute Gasteiger partial charge is 0.506 e. The van der Waals surface area contributed by atoms with Gasteiger partial charge in [0, 0.05) is 24.4 Å². The molecular weight excluding hydrogens is 371 g/mol. The van der Waals surface area contributed by atoms with Gasteiger partial charge in [-0.2, -0.15) is 5.10 Å². The number of nitrogens with zero attached hydrogens (tertiary/aromatic N) is 3. The fourth-order valence-electron chi connectivity index (χ4n) is 3.66. The van der Waals surface area contributed by atoms with Gasteiger partial charge in [-0.25, -0.2) is 4.39 Å². The summed E-state index contributed by atoms with van der Waals surface area (Å²) in [6.45, 7) is -0.0133. The topological polar surface area (TPSA) is 79.6 Å². The number of halogens is 1.